The molecule has 19 heavy (non-hydrogen) atoms. The van der Waals surface area contributed by atoms with E-state index in [2.05, 4.69) is 4.98 Å². The Kier molecular flexibility index (Phi) is 4.06. The molecule has 5 nitrogen and oxygen atoms in total. The van der Waals surface area contributed by atoms with Crippen LogP contribution in [0.2, 0.25) is 0 Å². The smallest absolute Gasteiger partial charge is 0.305 e. The van der Waals surface area contributed by atoms with Crippen molar-refractivity contribution in [1.29, 1.82) is 0 Å². The van der Waals surface area contributed by atoms with E-state index in [-0.39, 0.29) is 12.4 Å². The summed E-state index contributed by atoms with van der Waals surface area (Å²) in [5.74, 6) is -0.663. The second-order valence-corrected chi connectivity index (χ2v) is 4.69. The summed E-state index contributed by atoms with van der Waals surface area (Å²) in [5, 5.41) is 13.3. The fourth-order valence-corrected chi connectivity index (χ4v) is 2.19. The van der Waals surface area contributed by atoms with E-state index in [1.165, 1.54) is 17.4 Å². The van der Waals surface area contributed by atoms with Crippen LogP contribution in [0, 0.1) is 15.9 Å². The molecule has 0 bridgehead atoms. The zero-order valence-electron chi connectivity index (χ0n) is 10.1. The number of nitrogens with zero attached hydrogens (tertiary/aromatic N) is 2. The van der Waals surface area contributed by atoms with Crippen molar-refractivity contribution >= 4 is 17.0 Å². The monoisotopic (exact) mass is 282 g/mol. The predicted molar refractivity (Wildman–Crippen MR) is 68.9 cm³/mol. The fraction of sp³-hybridized carbons (Fsp3) is 0.250. The zero-order valence-corrected chi connectivity index (χ0v) is 10.9. The van der Waals surface area contributed by atoms with Crippen molar-refractivity contribution in [3.8, 4) is 5.75 Å². The van der Waals surface area contributed by atoms with Gasteiger partial charge in [-0.1, -0.05) is 6.92 Å². The molecule has 1 aromatic carbocycles. The van der Waals surface area contributed by atoms with Crippen LogP contribution in [0.4, 0.5) is 10.1 Å². The Morgan fingerprint density at radius 2 is 2.32 bits per heavy atom. The number of halogens is 1. The second kappa shape index (κ2) is 5.75. The highest BCUT2D eigenvalue weighted by molar-refractivity contribution is 7.09. The lowest BCUT2D eigenvalue weighted by atomic mass is 10.3. The lowest BCUT2D eigenvalue weighted by Gasteiger charge is -2.04. The van der Waals surface area contributed by atoms with Crippen LogP contribution in [0.25, 0.3) is 0 Å². The Balaban J connectivity index is 2.03. The number of hydrogen-bond acceptors (Lipinski definition) is 5. The van der Waals surface area contributed by atoms with Crippen molar-refractivity contribution in [2.75, 3.05) is 0 Å². The van der Waals surface area contributed by atoms with E-state index >= 15 is 0 Å². The van der Waals surface area contributed by atoms with Gasteiger partial charge >= 0.3 is 5.69 Å². The van der Waals surface area contributed by atoms with Crippen molar-refractivity contribution in [3.63, 3.8) is 0 Å². The van der Waals surface area contributed by atoms with Gasteiger partial charge in [0.15, 0.2) is 0 Å². The zero-order chi connectivity index (χ0) is 13.8. The van der Waals surface area contributed by atoms with Gasteiger partial charge in [-0.25, -0.2) is 4.98 Å². The van der Waals surface area contributed by atoms with E-state index in [0.29, 0.717) is 0 Å². The van der Waals surface area contributed by atoms with Crippen LogP contribution < -0.4 is 4.74 Å². The lowest BCUT2D eigenvalue weighted by molar-refractivity contribution is -0.387. The standard InChI is InChI=1S/C12H11FN2O3S/c1-2-12-14-8(7-19-12)6-18-9-3-4-11(15(16)17)10(13)5-9/h3-5,7H,2,6H2,1H3. The number of aryl methyl sites for hydroxylation is 1. The SMILES string of the molecule is CCc1nc(COc2ccc([N+](=O)[O-])c(F)c2)cs1. The first-order chi connectivity index (χ1) is 9.10. The highest BCUT2D eigenvalue weighted by atomic mass is 32.1. The molecule has 0 aliphatic rings. The highest BCUT2D eigenvalue weighted by Crippen LogP contribution is 2.23. The maximum Gasteiger partial charge on any atom is 0.305 e. The van der Waals surface area contributed by atoms with Gasteiger partial charge in [0.25, 0.3) is 0 Å². The van der Waals surface area contributed by atoms with E-state index in [0.717, 1.165) is 29.3 Å². The number of benzene rings is 1. The normalized spacial score (nSPS) is 10.4. The van der Waals surface area contributed by atoms with Crippen LogP contribution >= 0.6 is 11.3 Å². The maximum absolute atomic E-state index is 13.4. The molecule has 2 rings (SSSR count). The Hall–Kier alpha value is -2.02. The highest BCUT2D eigenvalue weighted by Gasteiger charge is 2.14. The van der Waals surface area contributed by atoms with E-state index in [1.807, 2.05) is 12.3 Å². The predicted octanol–water partition coefficient (Wildman–Crippen LogP) is 3.33. The van der Waals surface area contributed by atoms with Gasteiger partial charge in [0.05, 0.1) is 15.6 Å². The van der Waals surface area contributed by atoms with Crippen LogP contribution in [0.5, 0.6) is 5.75 Å². The van der Waals surface area contributed by atoms with Gasteiger partial charge < -0.3 is 4.74 Å². The number of nitro groups is 1. The first kappa shape index (κ1) is 13.4. The van der Waals surface area contributed by atoms with Crippen LogP contribution in [-0.4, -0.2) is 9.91 Å². The Morgan fingerprint density at radius 1 is 1.53 bits per heavy atom. The second-order valence-electron chi connectivity index (χ2n) is 3.75. The van der Waals surface area contributed by atoms with Gasteiger partial charge in [-0.15, -0.1) is 11.3 Å². The molecule has 0 radical (unpaired) electrons. The van der Waals surface area contributed by atoms with E-state index in [1.54, 1.807) is 0 Å². The molecule has 7 heteroatoms. The minimum Gasteiger partial charge on any atom is -0.487 e. The van der Waals surface area contributed by atoms with Crippen LogP contribution in [0.15, 0.2) is 23.6 Å². The number of hydrogen-bond donors (Lipinski definition) is 0. The summed E-state index contributed by atoms with van der Waals surface area (Å²) in [5.41, 5.74) is 0.204. The quantitative estimate of drug-likeness (QED) is 0.623. The number of aromatic nitrogens is 1. The topological polar surface area (TPSA) is 65.3 Å². The molecule has 0 aliphatic carbocycles. The molecule has 0 atom stereocenters. The summed E-state index contributed by atoms with van der Waals surface area (Å²) in [6, 6.07) is 3.46. The number of thiazole rings is 1. The molecule has 0 N–H and O–H groups in total. The van der Waals surface area contributed by atoms with Gasteiger partial charge in [-0.3, -0.25) is 10.1 Å². The molecule has 0 spiro atoms. The van der Waals surface area contributed by atoms with Crippen LogP contribution in [0.3, 0.4) is 0 Å². The molecule has 1 heterocycles. The van der Waals surface area contributed by atoms with Gasteiger partial charge in [-0.2, -0.15) is 4.39 Å². The number of nitro benzene ring substituents is 1. The van der Waals surface area contributed by atoms with Crippen molar-refractivity contribution in [3.05, 3.63) is 50.2 Å². The molecule has 2 aromatic rings. The molecular weight excluding hydrogens is 271 g/mol. The maximum atomic E-state index is 13.4. The molecule has 0 saturated heterocycles. The van der Waals surface area contributed by atoms with Gasteiger partial charge in [-0.05, 0) is 12.5 Å². The number of ether oxygens (including phenoxy) is 1. The summed E-state index contributed by atoms with van der Waals surface area (Å²) in [6.45, 7) is 2.23. The van der Waals surface area contributed by atoms with Crippen LogP contribution in [0.1, 0.15) is 17.6 Å². The lowest BCUT2D eigenvalue weighted by Crippen LogP contribution is -1.98. The Bertz CT molecular complexity index is 600. The molecule has 0 unspecified atom stereocenters. The van der Waals surface area contributed by atoms with Crippen molar-refractivity contribution < 1.29 is 14.1 Å². The minimum atomic E-state index is -0.907. The Morgan fingerprint density at radius 3 is 2.89 bits per heavy atom. The third-order valence-electron chi connectivity index (χ3n) is 2.40. The minimum absolute atomic E-state index is 0.216. The first-order valence-electron chi connectivity index (χ1n) is 5.60. The van der Waals surface area contributed by atoms with E-state index in [9.17, 15) is 14.5 Å². The molecule has 0 fully saturated rings. The summed E-state index contributed by atoms with van der Waals surface area (Å²) < 4.78 is 18.7. The summed E-state index contributed by atoms with van der Waals surface area (Å²) in [6.07, 6.45) is 0.858. The third kappa shape index (κ3) is 3.25. The fourth-order valence-electron chi connectivity index (χ4n) is 1.46. The summed E-state index contributed by atoms with van der Waals surface area (Å²) >= 11 is 1.54. The van der Waals surface area contributed by atoms with E-state index < -0.39 is 16.4 Å². The average molecular weight is 282 g/mol. The van der Waals surface area contributed by atoms with Crippen molar-refractivity contribution in [2.24, 2.45) is 0 Å². The van der Waals surface area contributed by atoms with Crippen molar-refractivity contribution in [2.45, 2.75) is 20.0 Å². The Labute approximate surface area is 112 Å². The first-order valence-corrected chi connectivity index (χ1v) is 6.48. The molecule has 0 amide bonds. The van der Waals surface area contributed by atoms with Gasteiger partial charge in [0, 0.05) is 17.5 Å². The van der Waals surface area contributed by atoms with Gasteiger partial charge in [0.2, 0.25) is 5.82 Å². The third-order valence-corrected chi connectivity index (χ3v) is 3.45. The molecule has 100 valence electrons. The summed E-state index contributed by atoms with van der Waals surface area (Å²) in [7, 11) is 0. The largest absolute Gasteiger partial charge is 0.487 e. The van der Waals surface area contributed by atoms with E-state index in [4.69, 9.17) is 4.74 Å². The molecular formula is C12H11FN2O3S. The van der Waals surface area contributed by atoms with Crippen molar-refractivity contribution in [1.82, 2.24) is 4.98 Å². The molecule has 0 saturated carbocycles. The summed E-state index contributed by atoms with van der Waals surface area (Å²) in [4.78, 5) is 14.0. The molecule has 1 aromatic heterocycles. The van der Waals surface area contributed by atoms with Gasteiger partial charge in [0.1, 0.15) is 12.4 Å². The van der Waals surface area contributed by atoms with Crippen LogP contribution in [-0.2, 0) is 13.0 Å². The molecule has 0 aliphatic heterocycles. The average Bonchev–Trinajstić information content (AvgIpc) is 2.84. The number of rotatable bonds is 5.